The van der Waals surface area contributed by atoms with Gasteiger partial charge in [-0.05, 0) is 25.3 Å². The van der Waals surface area contributed by atoms with Crippen LogP contribution in [-0.2, 0) is 19.1 Å². The minimum absolute atomic E-state index is 0.305. The van der Waals surface area contributed by atoms with Crippen LogP contribution >= 0.6 is 0 Å². The molecule has 4 heteroatoms. The average molecular weight is 224 g/mol. The van der Waals surface area contributed by atoms with Crippen LogP contribution in [0.15, 0.2) is 23.7 Å². The number of aldehydes is 1. The number of unbranched alkanes of at least 4 members (excludes halogenated alkanes) is 4. The van der Waals surface area contributed by atoms with Crippen LogP contribution in [0.4, 0.5) is 0 Å². The van der Waals surface area contributed by atoms with E-state index in [0.717, 1.165) is 32.0 Å². The quantitative estimate of drug-likeness (QED) is 0.360. The molecule has 0 unspecified atom stereocenters. The van der Waals surface area contributed by atoms with Crippen LogP contribution in [0, 0.1) is 0 Å². The molecule has 0 saturated carbocycles. The van der Waals surface area contributed by atoms with Gasteiger partial charge in [-0.3, -0.25) is 0 Å². The SMILES string of the molecule is COC(=O)C1=C(/C=C/CCCCCC=O)O1. The summed E-state index contributed by atoms with van der Waals surface area (Å²) in [5, 5.41) is 0. The zero-order valence-corrected chi connectivity index (χ0v) is 9.40. The lowest BCUT2D eigenvalue weighted by atomic mass is 10.1. The molecule has 1 heterocycles. The van der Waals surface area contributed by atoms with Crippen molar-refractivity contribution >= 4 is 12.3 Å². The van der Waals surface area contributed by atoms with Crippen molar-refractivity contribution in [1.29, 1.82) is 0 Å². The lowest BCUT2D eigenvalue weighted by Gasteiger charge is -1.92. The Balaban J connectivity index is 2.08. The summed E-state index contributed by atoms with van der Waals surface area (Å²) in [6, 6.07) is 0. The Kier molecular flexibility index (Phi) is 5.32. The minimum atomic E-state index is -0.425. The number of rotatable bonds is 8. The average Bonchev–Trinajstić information content (AvgIpc) is 3.06. The van der Waals surface area contributed by atoms with Gasteiger partial charge in [0.1, 0.15) is 6.29 Å². The lowest BCUT2D eigenvalue weighted by molar-refractivity contribution is -0.137. The number of hydrogen-bond acceptors (Lipinski definition) is 4. The highest BCUT2D eigenvalue weighted by molar-refractivity contribution is 5.91. The molecule has 0 saturated heterocycles. The molecule has 4 nitrogen and oxygen atoms in total. The summed E-state index contributed by atoms with van der Waals surface area (Å²) >= 11 is 0. The van der Waals surface area contributed by atoms with Crippen LogP contribution in [-0.4, -0.2) is 19.4 Å². The Hall–Kier alpha value is -1.58. The van der Waals surface area contributed by atoms with Crippen LogP contribution in [0.1, 0.15) is 32.1 Å². The number of methoxy groups -OCH3 is 1. The zero-order chi connectivity index (χ0) is 11.8. The third-order valence-corrected chi connectivity index (χ3v) is 2.23. The summed E-state index contributed by atoms with van der Waals surface area (Å²) in [7, 11) is 1.32. The van der Waals surface area contributed by atoms with E-state index >= 15 is 0 Å². The van der Waals surface area contributed by atoms with Gasteiger partial charge in [0, 0.05) is 6.42 Å². The van der Waals surface area contributed by atoms with E-state index in [9.17, 15) is 9.59 Å². The molecule has 0 fully saturated rings. The standard InChI is InChI=1S/C12H16O4/c1-15-12(14)11-10(16-11)8-6-4-2-3-5-7-9-13/h6,8-9H,2-5,7H2,1H3/b8-6+. The molecule has 0 atom stereocenters. The van der Waals surface area contributed by atoms with E-state index in [1.165, 1.54) is 7.11 Å². The highest BCUT2D eigenvalue weighted by atomic mass is 16.6. The Labute approximate surface area is 94.9 Å². The predicted octanol–water partition coefficient (Wildman–Crippen LogP) is 2.11. The summed E-state index contributed by atoms with van der Waals surface area (Å²) in [6.45, 7) is 0. The number of carbonyl (C=O) groups excluding carboxylic acids is 2. The van der Waals surface area contributed by atoms with Gasteiger partial charge in [0.2, 0.25) is 0 Å². The van der Waals surface area contributed by atoms with Crippen molar-refractivity contribution in [2.45, 2.75) is 32.1 Å². The van der Waals surface area contributed by atoms with Crippen LogP contribution in [0.3, 0.4) is 0 Å². The van der Waals surface area contributed by atoms with Crippen LogP contribution in [0.5, 0.6) is 0 Å². The number of esters is 1. The third kappa shape index (κ3) is 4.29. The van der Waals surface area contributed by atoms with Gasteiger partial charge in [0.15, 0.2) is 5.76 Å². The lowest BCUT2D eigenvalue weighted by Crippen LogP contribution is -1.96. The van der Waals surface area contributed by atoms with E-state index in [0.29, 0.717) is 17.9 Å². The third-order valence-electron chi connectivity index (χ3n) is 2.23. The van der Waals surface area contributed by atoms with Crippen molar-refractivity contribution in [2.75, 3.05) is 7.11 Å². The van der Waals surface area contributed by atoms with E-state index in [1.54, 1.807) is 6.08 Å². The fraction of sp³-hybridized carbons (Fsp3) is 0.500. The van der Waals surface area contributed by atoms with E-state index < -0.39 is 5.97 Å². The van der Waals surface area contributed by atoms with Crippen molar-refractivity contribution in [2.24, 2.45) is 0 Å². The molecule has 1 aliphatic rings. The molecule has 0 N–H and O–H groups in total. The summed E-state index contributed by atoms with van der Waals surface area (Å²) in [6.07, 6.45) is 9.31. The second-order valence-corrected chi connectivity index (χ2v) is 3.49. The van der Waals surface area contributed by atoms with E-state index in [2.05, 4.69) is 4.74 Å². The predicted molar refractivity (Wildman–Crippen MR) is 58.4 cm³/mol. The van der Waals surface area contributed by atoms with Gasteiger partial charge in [-0.15, -0.1) is 0 Å². The zero-order valence-electron chi connectivity index (χ0n) is 9.40. The van der Waals surface area contributed by atoms with Crippen molar-refractivity contribution < 1.29 is 19.1 Å². The molecule has 0 aromatic heterocycles. The number of ether oxygens (including phenoxy) is 2. The first kappa shape index (κ1) is 12.5. The van der Waals surface area contributed by atoms with Gasteiger partial charge in [0.25, 0.3) is 5.76 Å². The van der Waals surface area contributed by atoms with Crippen molar-refractivity contribution in [1.82, 2.24) is 0 Å². The molecule has 1 aliphatic heterocycles. The first-order valence-corrected chi connectivity index (χ1v) is 5.40. The summed E-state index contributed by atoms with van der Waals surface area (Å²) in [4.78, 5) is 21.0. The van der Waals surface area contributed by atoms with Gasteiger partial charge in [0.05, 0.1) is 7.11 Å². The molecule has 0 spiro atoms. The van der Waals surface area contributed by atoms with E-state index in [1.807, 2.05) is 6.08 Å². The van der Waals surface area contributed by atoms with Crippen molar-refractivity contribution in [3.63, 3.8) is 0 Å². The number of carbonyl (C=O) groups is 2. The first-order valence-electron chi connectivity index (χ1n) is 5.40. The summed E-state index contributed by atoms with van der Waals surface area (Å²) in [5.41, 5.74) is 0. The topological polar surface area (TPSA) is 55.9 Å². The van der Waals surface area contributed by atoms with E-state index in [4.69, 9.17) is 4.74 Å². The highest BCUT2D eigenvalue weighted by Gasteiger charge is 2.30. The Morgan fingerprint density at radius 2 is 2.06 bits per heavy atom. The Bertz CT molecular complexity index is 315. The number of hydrogen-bond donors (Lipinski definition) is 0. The van der Waals surface area contributed by atoms with Gasteiger partial charge >= 0.3 is 5.97 Å². The van der Waals surface area contributed by atoms with Crippen molar-refractivity contribution in [3.05, 3.63) is 23.7 Å². The van der Waals surface area contributed by atoms with Crippen LogP contribution in [0.25, 0.3) is 0 Å². The highest BCUT2D eigenvalue weighted by Crippen LogP contribution is 2.28. The second kappa shape index (κ2) is 6.82. The molecule has 0 aromatic rings. The molecule has 1 rings (SSSR count). The van der Waals surface area contributed by atoms with Crippen molar-refractivity contribution in [3.8, 4) is 0 Å². The van der Waals surface area contributed by atoms with Gasteiger partial charge in [-0.1, -0.05) is 12.5 Å². The fourth-order valence-electron chi connectivity index (χ4n) is 1.29. The van der Waals surface area contributed by atoms with Gasteiger partial charge in [-0.2, -0.15) is 0 Å². The molecule has 0 aromatic carbocycles. The second-order valence-electron chi connectivity index (χ2n) is 3.49. The Morgan fingerprint density at radius 3 is 2.75 bits per heavy atom. The normalized spacial score (nSPS) is 13.8. The molecule has 0 aliphatic carbocycles. The van der Waals surface area contributed by atoms with Crippen LogP contribution < -0.4 is 0 Å². The van der Waals surface area contributed by atoms with Crippen LogP contribution in [0.2, 0.25) is 0 Å². The molecule has 88 valence electrons. The molecule has 0 amide bonds. The Morgan fingerprint density at radius 1 is 1.31 bits per heavy atom. The van der Waals surface area contributed by atoms with Gasteiger partial charge < -0.3 is 14.3 Å². The molecule has 0 bridgehead atoms. The maximum atomic E-state index is 10.9. The minimum Gasteiger partial charge on any atom is -0.463 e. The maximum absolute atomic E-state index is 10.9. The number of allylic oxidation sites excluding steroid dienone is 2. The maximum Gasteiger partial charge on any atom is 0.377 e. The van der Waals surface area contributed by atoms with Gasteiger partial charge in [-0.25, -0.2) is 4.79 Å². The fourth-order valence-corrected chi connectivity index (χ4v) is 1.29. The smallest absolute Gasteiger partial charge is 0.377 e. The molecular weight excluding hydrogens is 208 g/mol. The monoisotopic (exact) mass is 224 g/mol. The summed E-state index contributed by atoms with van der Waals surface area (Å²) < 4.78 is 9.43. The summed E-state index contributed by atoms with van der Waals surface area (Å²) in [5.74, 6) is 0.477. The first-order chi connectivity index (χ1) is 7.79. The molecule has 16 heavy (non-hydrogen) atoms. The molecule has 0 radical (unpaired) electrons. The van der Waals surface area contributed by atoms with E-state index in [-0.39, 0.29) is 0 Å². The molecular formula is C12H16O4. The largest absolute Gasteiger partial charge is 0.463 e.